The van der Waals surface area contributed by atoms with Crippen LogP contribution < -0.4 is 5.73 Å². The first-order valence-corrected chi connectivity index (χ1v) is 3.97. The zero-order valence-electron chi connectivity index (χ0n) is 6.03. The minimum absolute atomic E-state index is 0.165. The molecule has 66 valence electrons. The molecule has 0 fully saturated rings. The molecule has 0 spiro atoms. The second kappa shape index (κ2) is 3.68. The van der Waals surface area contributed by atoms with E-state index in [9.17, 15) is 4.79 Å². The van der Waals surface area contributed by atoms with E-state index in [-0.39, 0.29) is 6.42 Å². The van der Waals surface area contributed by atoms with Crippen molar-refractivity contribution in [3.63, 3.8) is 0 Å². The highest BCUT2D eigenvalue weighted by Gasteiger charge is 2.14. The van der Waals surface area contributed by atoms with E-state index < -0.39 is 12.0 Å². The van der Waals surface area contributed by atoms with Gasteiger partial charge in [0.15, 0.2) is 0 Å². The SMILES string of the molecule is NC(CC(=O)O)c1cnc(Br)o1. The van der Waals surface area contributed by atoms with Crippen LogP contribution in [-0.2, 0) is 4.79 Å². The maximum absolute atomic E-state index is 10.2. The standard InChI is InChI=1S/C6H7BrN2O3/c7-6-9-2-4(12-6)3(8)1-5(10)11/h2-3H,1,8H2,(H,10,11). The average Bonchev–Trinajstić information content (AvgIpc) is 2.34. The summed E-state index contributed by atoms with van der Waals surface area (Å²) >= 11 is 2.99. The molecule has 0 aromatic carbocycles. The number of carboxylic acid groups (broad SMARTS) is 1. The number of rotatable bonds is 3. The quantitative estimate of drug-likeness (QED) is 0.812. The van der Waals surface area contributed by atoms with E-state index in [1.807, 2.05) is 0 Å². The minimum Gasteiger partial charge on any atom is -0.481 e. The number of hydrogen-bond donors (Lipinski definition) is 2. The van der Waals surface area contributed by atoms with Crippen molar-refractivity contribution in [2.24, 2.45) is 5.73 Å². The van der Waals surface area contributed by atoms with Crippen molar-refractivity contribution in [1.82, 2.24) is 4.98 Å². The number of carboxylic acids is 1. The molecule has 1 unspecified atom stereocenters. The van der Waals surface area contributed by atoms with E-state index in [1.165, 1.54) is 6.20 Å². The van der Waals surface area contributed by atoms with Gasteiger partial charge in [-0.1, -0.05) is 0 Å². The molecule has 1 aromatic heterocycles. The first-order chi connectivity index (χ1) is 5.59. The van der Waals surface area contributed by atoms with Gasteiger partial charge in [-0.15, -0.1) is 0 Å². The van der Waals surface area contributed by atoms with Crippen LogP contribution in [-0.4, -0.2) is 16.1 Å². The third-order valence-corrected chi connectivity index (χ3v) is 1.62. The average molecular weight is 235 g/mol. The number of nitrogens with two attached hydrogens (primary N) is 1. The highest BCUT2D eigenvalue weighted by molar-refractivity contribution is 9.10. The third kappa shape index (κ3) is 2.31. The van der Waals surface area contributed by atoms with Crippen LogP contribution in [0.15, 0.2) is 15.4 Å². The van der Waals surface area contributed by atoms with Gasteiger partial charge in [0.25, 0.3) is 4.80 Å². The molecule has 12 heavy (non-hydrogen) atoms. The van der Waals surface area contributed by atoms with Crippen LogP contribution >= 0.6 is 15.9 Å². The molecule has 1 aromatic rings. The molecule has 0 radical (unpaired) electrons. The number of carbonyl (C=O) groups is 1. The Morgan fingerprint density at radius 1 is 1.92 bits per heavy atom. The highest BCUT2D eigenvalue weighted by Crippen LogP contribution is 2.17. The van der Waals surface area contributed by atoms with E-state index in [1.54, 1.807) is 0 Å². The number of nitrogens with zero attached hydrogens (tertiary/aromatic N) is 1. The first kappa shape index (κ1) is 9.21. The molecule has 0 aliphatic rings. The van der Waals surface area contributed by atoms with Crippen molar-refractivity contribution in [2.45, 2.75) is 12.5 Å². The third-order valence-electron chi connectivity index (χ3n) is 1.26. The van der Waals surface area contributed by atoms with Gasteiger partial charge >= 0.3 is 5.97 Å². The molecule has 0 saturated carbocycles. The summed E-state index contributed by atoms with van der Waals surface area (Å²) in [5, 5.41) is 8.40. The number of aliphatic carboxylic acids is 1. The van der Waals surface area contributed by atoms with Crippen LogP contribution in [0.1, 0.15) is 18.2 Å². The summed E-state index contributed by atoms with van der Waals surface area (Å²) in [6, 6.07) is -0.638. The van der Waals surface area contributed by atoms with Gasteiger partial charge in [-0.05, 0) is 0 Å². The lowest BCUT2D eigenvalue weighted by molar-refractivity contribution is -0.137. The van der Waals surface area contributed by atoms with Crippen LogP contribution in [0.2, 0.25) is 0 Å². The molecule has 6 heteroatoms. The molecule has 0 saturated heterocycles. The Balaban J connectivity index is 2.64. The zero-order valence-corrected chi connectivity index (χ0v) is 7.61. The summed E-state index contributed by atoms with van der Waals surface area (Å²) in [4.78, 5) is 14.3. The number of hydrogen-bond acceptors (Lipinski definition) is 4. The maximum atomic E-state index is 10.2. The van der Waals surface area contributed by atoms with Crippen molar-refractivity contribution in [3.05, 3.63) is 16.8 Å². The van der Waals surface area contributed by atoms with Crippen LogP contribution in [0.25, 0.3) is 0 Å². The summed E-state index contributed by atoms with van der Waals surface area (Å²) in [6.45, 7) is 0. The van der Waals surface area contributed by atoms with Gasteiger partial charge < -0.3 is 15.3 Å². The molecule has 1 heterocycles. The maximum Gasteiger partial charge on any atom is 0.305 e. The van der Waals surface area contributed by atoms with Gasteiger partial charge in [0, 0.05) is 15.9 Å². The molecule has 1 rings (SSSR count). The Labute approximate surface area is 76.7 Å². The fourth-order valence-electron chi connectivity index (χ4n) is 0.724. The Morgan fingerprint density at radius 2 is 2.58 bits per heavy atom. The van der Waals surface area contributed by atoms with E-state index >= 15 is 0 Å². The van der Waals surface area contributed by atoms with E-state index in [2.05, 4.69) is 20.9 Å². The Morgan fingerprint density at radius 3 is 3.00 bits per heavy atom. The van der Waals surface area contributed by atoms with Gasteiger partial charge in [-0.2, -0.15) is 0 Å². The molecular weight excluding hydrogens is 228 g/mol. The van der Waals surface area contributed by atoms with Crippen LogP contribution in [0.3, 0.4) is 0 Å². The van der Waals surface area contributed by atoms with Crippen molar-refractivity contribution < 1.29 is 14.3 Å². The monoisotopic (exact) mass is 234 g/mol. The first-order valence-electron chi connectivity index (χ1n) is 3.18. The molecule has 0 amide bonds. The highest BCUT2D eigenvalue weighted by atomic mass is 79.9. The van der Waals surface area contributed by atoms with Gasteiger partial charge in [0.2, 0.25) is 0 Å². The molecular formula is C6H7BrN2O3. The lowest BCUT2D eigenvalue weighted by Crippen LogP contribution is -2.14. The Bertz CT molecular complexity index is 286. The van der Waals surface area contributed by atoms with Crippen molar-refractivity contribution in [2.75, 3.05) is 0 Å². The fourth-order valence-corrected chi connectivity index (χ4v) is 1.01. The fraction of sp³-hybridized carbons (Fsp3) is 0.333. The predicted octanol–water partition coefficient (Wildman–Crippen LogP) is 0.912. The molecule has 5 nitrogen and oxygen atoms in total. The van der Waals surface area contributed by atoms with Crippen LogP contribution in [0.4, 0.5) is 0 Å². The normalized spacial score (nSPS) is 12.8. The molecule has 3 N–H and O–H groups in total. The predicted molar refractivity (Wildman–Crippen MR) is 43.4 cm³/mol. The van der Waals surface area contributed by atoms with Gasteiger partial charge in [0.05, 0.1) is 18.7 Å². The molecule has 0 aliphatic carbocycles. The molecule has 1 atom stereocenters. The Kier molecular flexibility index (Phi) is 2.83. The van der Waals surface area contributed by atoms with Crippen LogP contribution in [0, 0.1) is 0 Å². The Hall–Kier alpha value is -0.880. The second-order valence-corrected chi connectivity index (χ2v) is 2.90. The van der Waals surface area contributed by atoms with E-state index in [0.717, 1.165) is 0 Å². The van der Waals surface area contributed by atoms with Crippen LogP contribution in [0.5, 0.6) is 0 Å². The van der Waals surface area contributed by atoms with Gasteiger partial charge in [-0.25, -0.2) is 4.98 Å². The van der Waals surface area contributed by atoms with Crippen molar-refractivity contribution >= 4 is 21.9 Å². The number of halogens is 1. The second-order valence-electron chi connectivity index (χ2n) is 2.22. The smallest absolute Gasteiger partial charge is 0.305 e. The van der Waals surface area contributed by atoms with E-state index in [0.29, 0.717) is 10.6 Å². The molecule has 0 aliphatic heterocycles. The van der Waals surface area contributed by atoms with E-state index in [4.69, 9.17) is 15.3 Å². The van der Waals surface area contributed by atoms with Crippen molar-refractivity contribution in [1.29, 1.82) is 0 Å². The zero-order chi connectivity index (χ0) is 9.14. The van der Waals surface area contributed by atoms with Crippen molar-refractivity contribution in [3.8, 4) is 0 Å². The van der Waals surface area contributed by atoms with Gasteiger partial charge in [0.1, 0.15) is 5.76 Å². The summed E-state index contributed by atoms with van der Waals surface area (Å²) in [6.07, 6.45) is 1.24. The molecule has 0 bridgehead atoms. The lowest BCUT2D eigenvalue weighted by atomic mass is 10.2. The summed E-state index contributed by atoms with van der Waals surface area (Å²) in [5.74, 6) is -0.598. The summed E-state index contributed by atoms with van der Waals surface area (Å²) in [5.41, 5.74) is 5.47. The topological polar surface area (TPSA) is 89.4 Å². The number of oxazole rings is 1. The minimum atomic E-state index is -0.963. The summed E-state index contributed by atoms with van der Waals surface area (Å²) < 4.78 is 4.96. The lowest BCUT2D eigenvalue weighted by Gasteiger charge is -2.02. The summed E-state index contributed by atoms with van der Waals surface area (Å²) in [7, 11) is 0. The van der Waals surface area contributed by atoms with Gasteiger partial charge in [-0.3, -0.25) is 4.79 Å². The largest absolute Gasteiger partial charge is 0.481 e. The number of aromatic nitrogens is 1.